The molecule has 0 aromatic rings. The molecule has 0 aliphatic carbocycles. The summed E-state index contributed by atoms with van der Waals surface area (Å²) in [5, 5.41) is 3.10. The number of nitrogens with two attached hydrogens (primary N) is 1. The number of rotatable bonds is 9. The molecule has 96 valence electrons. The fourth-order valence-electron chi connectivity index (χ4n) is 1.76. The minimum atomic E-state index is -0.114. The molecule has 0 radical (unpaired) electrons. The molecule has 0 aromatic carbocycles. The third-order valence-electron chi connectivity index (χ3n) is 3.18. The summed E-state index contributed by atoms with van der Waals surface area (Å²) in [6, 6.07) is 0. The molecule has 0 saturated carbocycles. The topological polar surface area (TPSA) is 55.1 Å². The van der Waals surface area contributed by atoms with Gasteiger partial charge in [0, 0.05) is 12.0 Å². The van der Waals surface area contributed by atoms with Crippen LogP contribution in [0.25, 0.3) is 0 Å². The quantitative estimate of drug-likeness (QED) is 0.596. The maximum absolute atomic E-state index is 11.7. The maximum Gasteiger partial charge on any atom is 0.220 e. The van der Waals surface area contributed by atoms with E-state index in [1.54, 1.807) is 0 Å². The molecule has 0 aromatic heterocycles. The Kier molecular flexibility index (Phi) is 8.26. The highest BCUT2D eigenvalue weighted by molar-refractivity contribution is 5.76. The molecule has 16 heavy (non-hydrogen) atoms. The normalized spacial score (nSPS) is 14.5. The summed E-state index contributed by atoms with van der Waals surface area (Å²) in [5.74, 6) is 0.175. The predicted octanol–water partition coefficient (Wildman–Crippen LogP) is 2.59. The zero-order chi connectivity index (χ0) is 12.4. The largest absolute Gasteiger partial charge is 0.351 e. The summed E-state index contributed by atoms with van der Waals surface area (Å²) >= 11 is 0. The lowest BCUT2D eigenvalue weighted by atomic mass is 9.94. The molecule has 0 rings (SSSR count). The highest BCUT2D eigenvalue weighted by Gasteiger charge is 2.22. The van der Waals surface area contributed by atoms with Gasteiger partial charge in [-0.05, 0) is 32.7 Å². The second-order valence-corrected chi connectivity index (χ2v) is 4.81. The van der Waals surface area contributed by atoms with E-state index >= 15 is 0 Å². The van der Waals surface area contributed by atoms with Crippen LogP contribution in [0.1, 0.15) is 65.7 Å². The molecule has 0 saturated heterocycles. The van der Waals surface area contributed by atoms with E-state index in [2.05, 4.69) is 26.1 Å². The molecule has 3 N–H and O–H groups in total. The van der Waals surface area contributed by atoms with Gasteiger partial charge in [0.05, 0.1) is 0 Å². The van der Waals surface area contributed by atoms with Crippen LogP contribution < -0.4 is 11.1 Å². The summed E-state index contributed by atoms with van der Waals surface area (Å²) in [6.07, 6.45) is 7.03. The molecule has 0 aliphatic heterocycles. The minimum absolute atomic E-state index is 0.114. The second-order valence-electron chi connectivity index (χ2n) is 4.81. The van der Waals surface area contributed by atoms with Gasteiger partial charge in [-0.1, -0.05) is 33.1 Å². The SMILES string of the molecule is CCCCCCC(=O)NC(C)(CC)CCN. The Labute approximate surface area is 100 Å². The fraction of sp³-hybridized carbons (Fsp3) is 0.923. The Balaban J connectivity index is 3.82. The van der Waals surface area contributed by atoms with Gasteiger partial charge >= 0.3 is 0 Å². The molecule has 0 bridgehead atoms. The lowest BCUT2D eigenvalue weighted by Crippen LogP contribution is -2.46. The van der Waals surface area contributed by atoms with E-state index < -0.39 is 0 Å². The molecule has 0 spiro atoms. The summed E-state index contributed by atoms with van der Waals surface area (Å²) < 4.78 is 0. The Morgan fingerprint density at radius 2 is 1.94 bits per heavy atom. The monoisotopic (exact) mass is 228 g/mol. The van der Waals surface area contributed by atoms with Crippen molar-refractivity contribution in [3.63, 3.8) is 0 Å². The van der Waals surface area contributed by atoms with Crippen molar-refractivity contribution in [1.29, 1.82) is 0 Å². The molecule has 3 nitrogen and oxygen atoms in total. The van der Waals surface area contributed by atoms with Crippen LogP contribution in [0.4, 0.5) is 0 Å². The number of hydrogen-bond donors (Lipinski definition) is 2. The van der Waals surface area contributed by atoms with Crippen molar-refractivity contribution < 1.29 is 4.79 Å². The summed E-state index contributed by atoms with van der Waals surface area (Å²) in [4.78, 5) is 11.7. The van der Waals surface area contributed by atoms with Gasteiger partial charge in [-0.3, -0.25) is 4.79 Å². The number of unbranched alkanes of at least 4 members (excludes halogenated alkanes) is 3. The number of hydrogen-bond acceptors (Lipinski definition) is 2. The van der Waals surface area contributed by atoms with Crippen molar-refractivity contribution >= 4 is 5.91 Å². The Hall–Kier alpha value is -0.570. The summed E-state index contributed by atoms with van der Waals surface area (Å²) in [7, 11) is 0. The first kappa shape index (κ1) is 15.4. The number of nitrogens with one attached hydrogen (secondary N) is 1. The highest BCUT2D eigenvalue weighted by atomic mass is 16.1. The third kappa shape index (κ3) is 6.83. The van der Waals surface area contributed by atoms with Crippen LogP contribution in [0.5, 0.6) is 0 Å². The zero-order valence-electron chi connectivity index (χ0n) is 11.1. The highest BCUT2D eigenvalue weighted by Crippen LogP contribution is 2.14. The van der Waals surface area contributed by atoms with Crippen LogP contribution in [0, 0.1) is 0 Å². The van der Waals surface area contributed by atoms with E-state index in [1.165, 1.54) is 12.8 Å². The van der Waals surface area contributed by atoms with Gasteiger partial charge in [-0.25, -0.2) is 0 Å². The first-order valence-corrected chi connectivity index (χ1v) is 6.59. The van der Waals surface area contributed by atoms with Crippen molar-refractivity contribution in [1.82, 2.24) is 5.32 Å². The zero-order valence-corrected chi connectivity index (χ0v) is 11.1. The average molecular weight is 228 g/mol. The van der Waals surface area contributed by atoms with Gasteiger partial charge < -0.3 is 11.1 Å². The predicted molar refractivity (Wildman–Crippen MR) is 69.3 cm³/mol. The summed E-state index contributed by atoms with van der Waals surface area (Å²) in [5.41, 5.74) is 5.44. The Morgan fingerprint density at radius 3 is 2.44 bits per heavy atom. The summed E-state index contributed by atoms with van der Waals surface area (Å²) in [6.45, 7) is 6.97. The van der Waals surface area contributed by atoms with Crippen LogP contribution in [-0.4, -0.2) is 18.0 Å². The van der Waals surface area contributed by atoms with Crippen LogP contribution in [0.15, 0.2) is 0 Å². The van der Waals surface area contributed by atoms with Crippen LogP contribution >= 0.6 is 0 Å². The third-order valence-corrected chi connectivity index (χ3v) is 3.18. The van der Waals surface area contributed by atoms with Gasteiger partial charge in [0.2, 0.25) is 5.91 Å². The first-order chi connectivity index (χ1) is 7.58. The standard InChI is InChI=1S/C13H28N2O/c1-4-6-7-8-9-12(16)15-13(3,5-2)10-11-14/h4-11,14H2,1-3H3,(H,15,16). The van der Waals surface area contributed by atoms with E-state index in [0.717, 1.165) is 25.7 Å². The molecule has 3 heteroatoms. The maximum atomic E-state index is 11.7. The van der Waals surface area contributed by atoms with E-state index in [0.29, 0.717) is 13.0 Å². The van der Waals surface area contributed by atoms with Crippen molar-refractivity contribution in [2.45, 2.75) is 71.3 Å². The van der Waals surface area contributed by atoms with Crippen LogP contribution in [0.3, 0.4) is 0 Å². The van der Waals surface area contributed by atoms with E-state index in [9.17, 15) is 4.79 Å². The molecule has 0 heterocycles. The molecule has 1 amide bonds. The minimum Gasteiger partial charge on any atom is -0.351 e. The fourth-order valence-corrected chi connectivity index (χ4v) is 1.76. The molecule has 0 aliphatic rings. The van der Waals surface area contributed by atoms with Gasteiger partial charge in [0.15, 0.2) is 0 Å². The Bertz CT molecular complexity index is 194. The van der Waals surface area contributed by atoms with Crippen molar-refractivity contribution in [2.24, 2.45) is 5.73 Å². The molecule has 0 fully saturated rings. The van der Waals surface area contributed by atoms with Gasteiger partial charge in [0.25, 0.3) is 0 Å². The number of amides is 1. The lowest BCUT2D eigenvalue weighted by Gasteiger charge is -2.29. The molecular formula is C13H28N2O. The van der Waals surface area contributed by atoms with Crippen molar-refractivity contribution in [3.05, 3.63) is 0 Å². The average Bonchev–Trinajstić information content (AvgIpc) is 2.25. The molecule has 1 unspecified atom stereocenters. The van der Waals surface area contributed by atoms with E-state index in [1.807, 2.05) is 0 Å². The van der Waals surface area contributed by atoms with Gasteiger partial charge in [-0.2, -0.15) is 0 Å². The smallest absolute Gasteiger partial charge is 0.220 e. The van der Waals surface area contributed by atoms with Crippen LogP contribution in [-0.2, 0) is 4.79 Å². The van der Waals surface area contributed by atoms with Gasteiger partial charge in [-0.15, -0.1) is 0 Å². The number of carbonyl (C=O) groups excluding carboxylic acids is 1. The van der Waals surface area contributed by atoms with Crippen molar-refractivity contribution in [2.75, 3.05) is 6.54 Å². The molecular weight excluding hydrogens is 200 g/mol. The van der Waals surface area contributed by atoms with Gasteiger partial charge in [0.1, 0.15) is 0 Å². The number of carbonyl (C=O) groups is 1. The van der Waals surface area contributed by atoms with E-state index in [-0.39, 0.29) is 11.4 Å². The van der Waals surface area contributed by atoms with E-state index in [4.69, 9.17) is 5.73 Å². The second kappa shape index (κ2) is 8.57. The van der Waals surface area contributed by atoms with Crippen LogP contribution in [0.2, 0.25) is 0 Å². The molecule has 1 atom stereocenters. The lowest BCUT2D eigenvalue weighted by molar-refractivity contribution is -0.123. The van der Waals surface area contributed by atoms with Crippen molar-refractivity contribution in [3.8, 4) is 0 Å². The first-order valence-electron chi connectivity index (χ1n) is 6.59. The Morgan fingerprint density at radius 1 is 1.25 bits per heavy atom.